The van der Waals surface area contributed by atoms with Crippen LogP contribution in [-0.2, 0) is 0 Å². The third-order valence-corrected chi connectivity index (χ3v) is 4.54. The zero-order chi connectivity index (χ0) is 12.9. The van der Waals surface area contributed by atoms with Crippen molar-refractivity contribution in [2.75, 3.05) is 7.05 Å². The minimum Gasteiger partial charge on any atom is -0.313 e. The second-order valence-corrected chi connectivity index (χ2v) is 5.39. The lowest BCUT2D eigenvalue weighted by atomic mass is 9.96. The quantitative estimate of drug-likeness (QED) is 0.816. The van der Waals surface area contributed by atoms with Gasteiger partial charge in [-0.1, -0.05) is 6.42 Å². The predicted molar refractivity (Wildman–Crippen MR) is 62.4 cm³/mol. The van der Waals surface area contributed by atoms with E-state index in [0.717, 1.165) is 6.07 Å². The minimum atomic E-state index is -1.12. The topological polar surface area (TPSA) is 12.0 Å². The number of rotatable bonds is 3. The van der Waals surface area contributed by atoms with E-state index in [2.05, 4.69) is 5.32 Å². The van der Waals surface area contributed by atoms with Gasteiger partial charge in [-0.3, -0.25) is 0 Å². The first-order chi connectivity index (χ1) is 8.63. The molecule has 0 spiro atoms. The Kier molecular flexibility index (Phi) is 2.85. The van der Waals surface area contributed by atoms with Crippen LogP contribution in [0.15, 0.2) is 12.1 Å². The molecule has 2 aliphatic rings. The zero-order valence-corrected chi connectivity index (χ0v) is 10.2. The first-order valence-electron chi connectivity index (χ1n) is 6.45. The predicted octanol–water partition coefficient (Wildman–Crippen LogP) is 3.41. The summed E-state index contributed by atoms with van der Waals surface area (Å²) >= 11 is 0. The van der Waals surface area contributed by atoms with E-state index in [-0.39, 0.29) is 11.6 Å². The van der Waals surface area contributed by atoms with Crippen molar-refractivity contribution in [3.05, 3.63) is 35.1 Å². The molecule has 1 N–H and O–H groups in total. The minimum absolute atomic E-state index is 0.199. The maximum absolute atomic E-state index is 13.8. The highest BCUT2D eigenvalue weighted by Crippen LogP contribution is 2.62. The Balaban J connectivity index is 1.90. The van der Waals surface area contributed by atoms with Crippen molar-refractivity contribution in [1.29, 1.82) is 0 Å². The summed E-state index contributed by atoms with van der Waals surface area (Å²) in [6, 6.07) is 1.45. The highest BCUT2D eigenvalue weighted by Gasteiger charge is 2.56. The van der Waals surface area contributed by atoms with E-state index in [9.17, 15) is 13.2 Å². The van der Waals surface area contributed by atoms with Crippen molar-refractivity contribution >= 4 is 0 Å². The van der Waals surface area contributed by atoms with Crippen LogP contribution in [0.5, 0.6) is 0 Å². The highest BCUT2D eigenvalue weighted by molar-refractivity contribution is 5.27. The van der Waals surface area contributed by atoms with Crippen molar-refractivity contribution in [3.63, 3.8) is 0 Å². The second kappa shape index (κ2) is 4.26. The van der Waals surface area contributed by atoms with Crippen LogP contribution in [-0.4, -0.2) is 7.05 Å². The number of hydrogen-bond donors (Lipinski definition) is 1. The van der Waals surface area contributed by atoms with E-state index >= 15 is 0 Å². The van der Waals surface area contributed by atoms with Crippen LogP contribution < -0.4 is 5.32 Å². The third kappa shape index (κ3) is 1.74. The van der Waals surface area contributed by atoms with Crippen molar-refractivity contribution < 1.29 is 13.2 Å². The molecule has 1 nitrogen and oxygen atoms in total. The average Bonchev–Trinajstić information content (AvgIpc) is 2.81. The molecular formula is C14H16F3N. The average molecular weight is 255 g/mol. The van der Waals surface area contributed by atoms with Crippen molar-refractivity contribution in [3.8, 4) is 0 Å². The van der Waals surface area contributed by atoms with Crippen molar-refractivity contribution in [2.24, 2.45) is 17.8 Å². The summed E-state index contributed by atoms with van der Waals surface area (Å²) < 4.78 is 40.0. The molecule has 1 aromatic carbocycles. The molecule has 18 heavy (non-hydrogen) atoms. The molecule has 0 radical (unpaired) electrons. The Morgan fingerprint density at radius 3 is 2.28 bits per heavy atom. The number of benzene rings is 1. The smallest absolute Gasteiger partial charge is 0.161 e. The Labute approximate surface area is 104 Å². The molecule has 4 heteroatoms. The molecule has 3 unspecified atom stereocenters. The number of fused-ring (bicyclic) bond motifs is 1. The van der Waals surface area contributed by atoms with Crippen LogP contribution in [0.2, 0.25) is 0 Å². The molecular weight excluding hydrogens is 239 g/mol. The second-order valence-electron chi connectivity index (χ2n) is 5.39. The SMILES string of the molecule is CNC(c1cc(F)c(F)cc1F)C1C2CCCC21. The van der Waals surface area contributed by atoms with Gasteiger partial charge in [-0.05, 0) is 43.7 Å². The fourth-order valence-electron chi connectivity index (χ4n) is 3.70. The number of hydrogen-bond acceptors (Lipinski definition) is 1. The van der Waals surface area contributed by atoms with Gasteiger partial charge >= 0.3 is 0 Å². The van der Waals surface area contributed by atoms with Gasteiger partial charge in [0.1, 0.15) is 5.82 Å². The Bertz CT molecular complexity index is 464. The summed E-state index contributed by atoms with van der Waals surface area (Å²) in [7, 11) is 1.75. The van der Waals surface area contributed by atoms with Crippen molar-refractivity contribution in [1.82, 2.24) is 5.32 Å². The first kappa shape index (κ1) is 12.0. The summed E-state index contributed by atoms with van der Waals surface area (Å²) in [4.78, 5) is 0. The molecule has 3 rings (SSSR count). The van der Waals surface area contributed by atoms with Crippen LogP contribution in [0, 0.1) is 35.2 Å². The monoisotopic (exact) mass is 255 g/mol. The Morgan fingerprint density at radius 2 is 1.67 bits per heavy atom. The number of nitrogens with one attached hydrogen (secondary N) is 1. The molecule has 2 saturated carbocycles. The summed E-state index contributed by atoms with van der Waals surface area (Å²) in [5, 5.41) is 3.07. The van der Waals surface area contributed by atoms with E-state index in [4.69, 9.17) is 0 Å². The first-order valence-corrected chi connectivity index (χ1v) is 6.45. The molecule has 3 atom stereocenters. The van der Waals surface area contributed by atoms with E-state index in [1.54, 1.807) is 7.05 Å². The van der Waals surface area contributed by atoms with Crippen LogP contribution >= 0.6 is 0 Å². The van der Waals surface area contributed by atoms with E-state index in [1.807, 2.05) is 0 Å². The molecule has 0 saturated heterocycles. The summed E-state index contributed by atoms with van der Waals surface area (Å²) in [5.41, 5.74) is 0.260. The van der Waals surface area contributed by atoms with E-state index in [1.165, 1.54) is 19.3 Å². The molecule has 0 amide bonds. The summed E-state index contributed by atoms with van der Waals surface area (Å²) in [6.07, 6.45) is 3.60. The molecule has 0 heterocycles. The van der Waals surface area contributed by atoms with Gasteiger partial charge in [0.2, 0.25) is 0 Å². The number of halogens is 3. The summed E-state index contributed by atoms with van der Waals surface area (Å²) in [6.45, 7) is 0. The molecule has 2 fully saturated rings. The third-order valence-electron chi connectivity index (χ3n) is 4.54. The van der Waals surface area contributed by atoms with Gasteiger partial charge in [0.25, 0.3) is 0 Å². The highest BCUT2D eigenvalue weighted by atomic mass is 19.2. The standard InChI is InChI=1S/C14H16F3N/c1-18-14(13-7-3-2-4-8(7)13)9-5-11(16)12(17)6-10(9)15/h5-8,13-14,18H,2-4H2,1H3. The molecule has 0 aromatic heterocycles. The zero-order valence-electron chi connectivity index (χ0n) is 10.2. The van der Waals surface area contributed by atoms with Crippen LogP contribution in [0.3, 0.4) is 0 Å². The van der Waals surface area contributed by atoms with E-state index < -0.39 is 17.5 Å². The van der Waals surface area contributed by atoms with Gasteiger partial charge in [0.15, 0.2) is 11.6 Å². The van der Waals surface area contributed by atoms with Gasteiger partial charge in [-0.15, -0.1) is 0 Å². The van der Waals surface area contributed by atoms with Gasteiger partial charge in [0, 0.05) is 17.7 Å². The maximum Gasteiger partial charge on any atom is 0.161 e. The molecule has 0 aliphatic heterocycles. The van der Waals surface area contributed by atoms with Gasteiger partial charge < -0.3 is 5.32 Å². The van der Waals surface area contributed by atoms with Gasteiger partial charge in [-0.25, -0.2) is 13.2 Å². The van der Waals surface area contributed by atoms with Crippen LogP contribution in [0.4, 0.5) is 13.2 Å². The fraction of sp³-hybridized carbons (Fsp3) is 0.571. The van der Waals surface area contributed by atoms with Crippen molar-refractivity contribution in [2.45, 2.75) is 25.3 Å². The molecule has 2 aliphatic carbocycles. The van der Waals surface area contributed by atoms with Gasteiger partial charge in [-0.2, -0.15) is 0 Å². The van der Waals surface area contributed by atoms with Crippen LogP contribution in [0.25, 0.3) is 0 Å². The van der Waals surface area contributed by atoms with Crippen LogP contribution in [0.1, 0.15) is 30.9 Å². The molecule has 1 aromatic rings. The van der Waals surface area contributed by atoms with Gasteiger partial charge in [0.05, 0.1) is 0 Å². The lowest BCUT2D eigenvalue weighted by molar-refractivity contribution is 0.418. The fourth-order valence-corrected chi connectivity index (χ4v) is 3.70. The lowest BCUT2D eigenvalue weighted by Crippen LogP contribution is -2.22. The molecule has 0 bridgehead atoms. The summed E-state index contributed by atoms with van der Waals surface area (Å²) in [5.74, 6) is -1.11. The lowest BCUT2D eigenvalue weighted by Gasteiger charge is -2.19. The maximum atomic E-state index is 13.8. The normalized spacial score (nSPS) is 31.2. The van der Waals surface area contributed by atoms with E-state index in [0.29, 0.717) is 23.8 Å². The Hall–Kier alpha value is -1.03. The molecule has 98 valence electrons. The largest absolute Gasteiger partial charge is 0.313 e. The Morgan fingerprint density at radius 1 is 1.06 bits per heavy atom.